The first-order valence-electron chi connectivity index (χ1n) is 4.98. The molecule has 0 aliphatic rings. The molecule has 0 radical (unpaired) electrons. The van der Waals surface area contributed by atoms with Gasteiger partial charge in [0.1, 0.15) is 0 Å². The number of ketones is 1. The topological polar surface area (TPSA) is 54.4 Å². The fraction of sp³-hybridized carbons (Fsp3) is 0.333. The Morgan fingerprint density at radius 2 is 1.80 bits per heavy atom. The lowest BCUT2D eigenvalue weighted by atomic mass is 10.00. The molecular weight excluding hydrogens is 192 g/mol. The van der Waals surface area contributed by atoms with Crippen molar-refractivity contribution in [1.29, 1.82) is 0 Å². The summed E-state index contributed by atoms with van der Waals surface area (Å²) >= 11 is 0. The fourth-order valence-corrected chi connectivity index (χ4v) is 1.50. The summed E-state index contributed by atoms with van der Waals surface area (Å²) in [5, 5.41) is 8.44. The van der Waals surface area contributed by atoms with E-state index in [2.05, 4.69) is 0 Å². The number of carboxylic acid groups (broad SMARTS) is 1. The average molecular weight is 206 g/mol. The molecule has 3 heteroatoms. The van der Waals surface area contributed by atoms with Crippen LogP contribution in [0.5, 0.6) is 0 Å². The van der Waals surface area contributed by atoms with E-state index >= 15 is 0 Å². The van der Waals surface area contributed by atoms with Crippen LogP contribution in [0.25, 0.3) is 0 Å². The minimum atomic E-state index is -1.34. The van der Waals surface area contributed by atoms with Gasteiger partial charge in [-0.15, -0.1) is 0 Å². The number of carboxylic acids is 1. The number of aliphatic carboxylic acids is 1. The summed E-state index contributed by atoms with van der Waals surface area (Å²) in [6.07, 6.45) is 1.49. The van der Waals surface area contributed by atoms with E-state index in [-0.39, 0.29) is 6.42 Å². The molecule has 1 aromatic rings. The van der Waals surface area contributed by atoms with Gasteiger partial charge in [-0.05, 0) is 24.0 Å². The van der Waals surface area contributed by atoms with E-state index < -0.39 is 11.8 Å². The standard InChI is InChI=1S/C12H14O3/c1-2-9-5-3-4-6-10(9)7-8-11(13)12(14)15/h3-6H,2,7-8H2,1H3,(H,14,15). The summed E-state index contributed by atoms with van der Waals surface area (Å²) in [7, 11) is 0. The average Bonchev–Trinajstić information content (AvgIpc) is 2.26. The SMILES string of the molecule is CCc1ccccc1CCC(=O)C(=O)O. The van der Waals surface area contributed by atoms with Crippen molar-refractivity contribution in [1.82, 2.24) is 0 Å². The van der Waals surface area contributed by atoms with Gasteiger partial charge in [0.25, 0.3) is 0 Å². The summed E-state index contributed by atoms with van der Waals surface area (Å²) in [5.74, 6) is -2.06. The molecule has 1 N–H and O–H groups in total. The number of carbonyl (C=O) groups excluding carboxylic acids is 1. The number of hydrogen-bond donors (Lipinski definition) is 1. The number of aryl methyl sites for hydroxylation is 2. The Hall–Kier alpha value is -1.64. The van der Waals surface area contributed by atoms with Crippen LogP contribution in [0.2, 0.25) is 0 Å². The van der Waals surface area contributed by atoms with Gasteiger partial charge in [0.2, 0.25) is 5.78 Å². The van der Waals surface area contributed by atoms with Gasteiger partial charge in [0.05, 0.1) is 0 Å². The molecule has 0 saturated carbocycles. The third kappa shape index (κ3) is 3.20. The van der Waals surface area contributed by atoms with Crippen LogP contribution in [-0.2, 0) is 22.4 Å². The summed E-state index contributed by atoms with van der Waals surface area (Å²) in [5.41, 5.74) is 2.24. The van der Waals surface area contributed by atoms with Crippen LogP contribution in [0.4, 0.5) is 0 Å². The van der Waals surface area contributed by atoms with Gasteiger partial charge in [-0.1, -0.05) is 31.2 Å². The number of benzene rings is 1. The minimum Gasteiger partial charge on any atom is -0.476 e. The third-order valence-corrected chi connectivity index (χ3v) is 2.36. The number of rotatable bonds is 5. The van der Waals surface area contributed by atoms with Crippen LogP contribution in [0.3, 0.4) is 0 Å². The predicted octanol–water partition coefficient (Wildman–Crippen LogP) is 1.84. The van der Waals surface area contributed by atoms with Crippen LogP contribution in [0.15, 0.2) is 24.3 Å². The van der Waals surface area contributed by atoms with E-state index in [9.17, 15) is 9.59 Å². The zero-order chi connectivity index (χ0) is 11.3. The highest BCUT2D eigenvalue weighted by atomic mass is 16.4. The number of Topliss-reactive ketones (excluding diaryl/α,β-unsaturated/α-hetero) is 1. The molecule has 0 bridgehead atoms. The van der Waals surface area contributed by atoms with Crippen molar-refractivity contribution in [3.8, 4) is 0 Å². The maximum absolute atomic E-state index is 10.9. The molecule has 0 spiro atoms. The van der Waals surface area contributed by atoms with Gasteiger partial charge >= 0.3 is 5.97 Å². The normalized spacial score (nSPS) is 9.93. The molecule has 0 amide bonds. The molecule has 1 rings (SSSR count). The van der Waals surface area contributed by atoms with Crippen LogP contribution in [-0.4, -0.2) is 16.9 Å². The highest BCUT2D eigenvalue weighted by molar-refractivity contribution is 6.32. The van der Waals surface area contributed by atoms with Crippen molar-refractivity contribution in [2.24, 2.45) is 0 Å². The predicted molar refractivity (Wildman–Crippen MR) is 56.8 cm³/mol. The van der Waals surface area contributed by atoms with E-state index in [4.69, 9.17) is 5.11 Å². The molecule has 0 fully saturated rings. The largest absolute Gasteiger partial charge is 0.476 e. The molecule has 0 saturated heterocycles. The van der Waals surface area contributed by atoms with E-state index in [0.717, 1.165) is 12.0 Å². The molecular formula is C12H14O3. The van der Waals surface area contributed by atoms with Crippen molar-refractivity contribution in [3.05, 3.63) is 35.4 Å². The Balaban J connectivity index is 2.65. The van der Waals surface area contributed by atoms with E-state index in [1.165, 1.54) is 5.56 Å². The monoisotopic (exact) mass is 206 g/mol. The summed E-state index contributed by atoms with van der Waals surface area (Å²) < 4.78 is 0. The van der Waals surface area contributed by atoms with E-state index in [0.29, 0.717) is 6.42 Å². The molecule has 0 atom stereocenters. The van der Waals surface area contributed by atoms with Crippen molar-refractivity contribution < 1.29 is 14.7 Å². The number of hydrogen-bond acceptors (Lipinski definition) is 2. The Kier molecular flexibility index (Phi) is 4.03. The Morgan fingerprint density at radius 1 is 1.20 bits per heavy atom. The summed E-state index contributed by atoms with van der Waals surface area (Å²) in [6, 6.07) is 7.79. The smallest absolute Gasteiger partial charge is 0.372 e. The number of carbonyl (C=O) groups is 2. The molecule has 0 unspecified atom stereocenters. The van der Waals surface area contributed by atoms with Gasteiger partial charge in [-0.3, -0.25) is 4.79 Å². The van der Waals surface area contributed by atoms with Gasteiger partial charge < -0.3 is 5.11 Å². The Labute approximate surface area is 88.7 Å². The Morgan fingerprint density at radius 3 is 2.33 bits per heavy atom. The van der Waals surface area contributed by atoms with Crippen molar-refractivity contribution in [3.63, 3.8) is 0 Å². The van der Waals surface area contributed by atoms with E-state index in [1.807, 2.05) is 31.2 Å². The lowest BCUT2D eigenvalue weighted by Gasteiger charge is -2.05. The molecule has 0 aromatic heterocycles. The van der Waals surface area contributed by atoms with Crippen molar-refractivity contribution >= 4 is 11.8 Å². The van der Waals surface area contributed by atoms with Crippen LogP contribution >= 0.6 is 0 Å². The lowest BCUT2D eigenvalue weighted by Crippen LogP contribution is -2.13. The minimum absolute atomic E-state index is 0.0757. The van der Waals surface area contributed by atoms with Gasteiger partial charge in [0, 0.05) is 6.42 Å². The maximum Gasteiger partial charge on any atom is 0.372 e. The van der Waals surface area contributed by atoms with Crippen molar-refractivity contribution in [2.45, 2.75) is 26.2 Å². The van der Waals surface area contributed by atoms with E-state index in [1.54, 1.807) is 0 Å². The second-order valence-electron chi connectivity index (χ2n) is 3.35. The van der Waals surface area contributed by atoms with Crippen LogP contribution in [0.1, 0.15) is 24.5 Å². The molecule has 80 valence electrons. The first-order chi connectivity index (χ1) is 7.15. The third-order valence-electron chi connectivity index (χ3n) is 2.36. The zero-order valence-corrected chi connectivity index (χ0v) is 8.69. The second kappa shape index (κ2) is 5.29. The molecule has 0 aliphatic heterocycles. The first-order valence-corrected chi connectivity index (χ1v) is 4.98. The highest BCUT2D eigenvalue weighted by Gasteiger charge is 2.11. The summed E-state index contributed by atoms with van der Waals surface area (Å²) in [4.78, 5) is 21.2. The maximum atomic E-state index is 10.9. The first kappa shape index (κ1) is 11.4. The molecule has 1 aromatic carbocycles. The quantitative estimate of drug-likeness (QED) is 0.748. The second-order valence-corrected chi connectivity index (χ2v) is 3.35. The van der Waals surface area contributed by atoms with Crippen LogP contribution < -0.4 is 0 Å². The molecule has 3 nitrogen and oxygen atoms in total. The van der Waals surface area contributed by atoms with Crippen LogP contribution in [0, 0.1) is 0 Å². The zero-order valence-electron chi connectivity index (χ0n) is 8.69. The lowest BCUT2D eigenvalue weighted by molar-refractivity contribution is -0.149. The summed E-state index contributed by atoms with van der Waals surface area (Å²) in [6.45, 7) is 2.04. The van der Waals surface area contributed by atoms with Gasteiger partial charge in [-0.2, -0.15) is 0 Å². The molecule has 0 aliphatic carbocycles. The highest BCUT2D eigenvalue weighted by Crippen LogP contribution is 2.11. The van der Waals surface area contributed by atoms with Gasteiger partial charge in [-0.25, -0.2) is 4.79 Å². The fourth-order valence-electron chi connectivity index (χ4n) is 1.50. The molecule has 0 heterocycles. The molecule has 15 heavy (non-hydrogen) atoms. The van der Waals surface area contributed by atoms with Crippen molar-refractivity contribution in [2.75, 3.05) is 0 Å². The van der Waals surface area contributed by atoms with Gasteiger partial charge in [0.15, 0.2) is 0 Å². The Bertz CT molecular complexity index is 369.